The average molecular weight is 260 g/mol. The molecule has 0 unspecified atom stereocenters. The number of carbonyl (C=O) groups is 1. The van der Waals surface area contributed by atoms with Crippen LogP contribution in [0.4, 0.5) is 0 Å². The van der Waals surface area contributed by atoms with Crippen LogP contribution in [0, 0.1) is 6.92 Å². The summed E-state index contributed by atoms with van der Waals surface area (Å²) in [7, 11) is 0. The Morgan fingerprint density at radius 3 is 2.26 bits per heavy atom. The van der Waals surface area contributed by atoms with Crippen molar-refractivity contribution in [1.29, 1.82) is 0 Å². The second-order valence-electron chi connectivity index (χ2n) is 5.45. The highest BCUT2D eigenvalue weighted by atomic mass is 16.1. The third-order valence-corrected chi connectivity index (χ3v) is 3.87. The molecule has 19 heavy (non-hydrogen) atoms. The zero-order valence-corrected chi connectivity index (χ0v) is 11.9. The summed E-state index contributed by atoms with van der Waals surface area (Å²) in [6.07, 6.45) is 4.48. The molecular formula is C16H24N2O. The number of hydrogen-bond acceptors (Lipinski definition) is 2. The van der Waals surface area contributed by atoms with Crippen molar-refractivity contribution in [3.63, 3.8) is 0 Å². The molecule has 1 fully saturated rings. The van der Waals surface area contributed by atoms with Crippen molar-refractivity contribution in [3.8, 4) is 0 Å². The van der Waals surface area contributed by atoms with Crippen LogP contribution in [0.3, 0.4) is 0 Å². The van der Waals surface area contributed by atoms with Crippen molar-refractivity contribution < 1.29 is 4.79 Å². The van der Waals surface area contributed by atoms with E-state index in [1.165, 1.54) is 5.56 Å². The van der Waals surface area contributed by atoms with Gasteiger partial charge in [-0.05, 0) is 51.3 Å². The number of carbonyl (C=O) groups excluding carboxylic acids is 1. The molecule has 0 heterocycles. The van der Waals surface area contributed by atoms with E-state index in [4.69, 9.17) is 0 Å². The van der Waals surface area contributed by atoms with E-state index in [0.717, 1.165) is 37.8 Å². The minimum Gasteiger partial charge on any atom is -0.349 e. The summed E-state index contributed by atoms with van der Waals surface area (Å²) in [5.41, 5.74) is 1.95. The van der Waals surface area contributed by atoms with Gasteiger partial charge in [-0.25, -0.2) is 0 Å². The van der Waals surface area contributed by atoms with Gasteiger partial charge in [-0.2, -0.15) is 0 Å². The number of aryl methyl sites for hydroxylation is 1. The Morgan fingerprint density at radius 2 is 1.68 bits per heavy atom. The number of benzene rings is 1. The SMILES string of the molecule is CCNC1CCC(NC(=O)c2ccc(C)cc2)CC1. The van der Waals surface area contributed by atoms with Crippen molar-refractivity contribution in [2.24, 2.45) is 0 Å². The van der Waals surface area contributed by atoms with Gasteiger partial charge in [0.25, 0.3) is 5.91 Å². The smallest absolute Gasteiger partial charge is 0.251 e. The van der Waals surface area contributed by atoms with Gasteiger partial charge in [0.2, 0.25) is 0 Å². The molecule has 0 saturated heterocycles. The average Bonchev–Trinajstić information content (AvgIpc) is 2.42. The van der Waals surface area contributed by atoms with Gasteiger partial charge in [0.15, 0.2) is 0 Å². The van der Waals surface area contributed by atoms with E-state index in [-0.39, 0.29) is 5.91 Å². The minimum absolute atomic E-state index is 0.0619. The third-order valence-electron chi connectivity index (χ3n) is 3.87. The van der Waals surface area contributed by atoms with Crippen LogP contribution >= 0.6 is 0 Å². The first kappa shape index (κ1) is 14.1. The highest BCUT2D eigenvalue weighted by Gasteiger charge is 2.21. The van der Waals surface area contributed by atoms with E-state index in [9.17, 15) is 4.79 Å². The van der Waals surface area contributed by atoms with Crippen molar-refractivity contribution in [1.82, 2.24) is 10.6 Å². The lowest BCUT2D eigenvalue weighted by Gasteiger charge is -2.29. The molecule has 0 radical (unpaired) electrons. The van der Waals surface area contributed by atoms with Gasteiger partial charge in [0.1, 0.15) is 0 Å². The molecule has 0 bridgehead atoms. The molecule has 3 heteroatoms. The minimum atomic E-state index is 0.0619. The van der Waals surface area contributed by atoms with Crippen molar-refractivity contribution in [3.05, 3.63) is 35.4 Å². The summed E-state index contributed by atoms with van der Waals surface area (Å²) < 4.78 is 0. The number of nitrogens with one attached hydrogen (secondary N) is 2. The van der Waals surface area contributed by atoms with Gasteiger partial charge >= 0.3 is 0 Å². The highest BCUT2D eigenvalue weighted by molar-refractivity contribution is 5.94. The molecule has 0 spiro atoms. The van der Waals surface area contributed by atoms with E-state index < -0.39 is 0 Å². The van der Waals surface area contributed by atoms with Gasteiger partial charge < -0.3 is 10.6 Å². The van der Waals surface area contributed by atoms with Crippen LogP contribution in [-0.2, 0) is 0 Å². The molecule has 3 nitrogen and oxygen atoms in total. The fraction of sp³-hybridized carbons (Fsp3) is 0.562. The van der Waals surface area contributed by atoms with Gasteiger partial charge in [-0.15, -0.1) is 0 Å². The summed E-state index contributed by atoms with van der Waals surface area (Å²) >= 11 is 0. The topological polar surface area (TPSA) is 41.1 Å². The van der Waals surface area contributed by atoms with Crippen LogP contribution in [-0.4, -0.2) is 24.5 Å². The summed E-state index contributed by atoms with van der Waals surface area (Å²) in [4.78, 5) is 12.1. The van der Waals surface area contributed by atoms with Gasteiger partial charge in [-0.1, -0.05) is 24.6 Å². The molecule has 0 aromatic heterocycles. The van der Waals surface area contributed by atoms with Crippen LogP contribution < -0.4 is 10.6 Å². The largest absolute Gasteiger partial charge is 0.349 e. The van der Waals surface area contributed by atoms with Gasteiger partial charge in [0, 0.05) is 17.6 Å². The molecule has 1 aliphatic rings. The first-order chi connectivity index (χ1) is 9.19. The third kappa shape index (κ3) is 4.06. The molecular weight excluding hydrogens is 236 g/mol. The zero-order valence-electron chi connectivity index (χ0n) is 11.9. The van der Waals surface area contributed by atoms with Crippen molar-refractivity contribution in [2.75, 3.05) is 6.54 Å². The predicted octanol–water partition coefficient (Wildman–Crippen LogP) is 2.65. The van der Waals surface area contributed by atoms with Crippen molar-refractivity contribution in [2.45, 2.75) is 51.6 Å². The van der Waals surface area contributed by atoms with Crippen molar-refractivity contribution >= 4 is 5.91 Å². The van der Waals surface area contributed by atoms with Crippen LogP contribution in [0.2, 0.25) is 0 Å². The molecule has 1 saturated carbocycles. The monoisotopic (exact) mass is 260 g/mol. The molecule has 1 amide bonds. The Hall–Kier alpha value is -1.35. The second kappa shape index (κ2) is 6.71. The molecule has 0 aliphatic heterocycles. The molecule has 1 aromatic rings. The van der Waals surface area contributed by atoms with E-state index in [1.807, 2.05) is 31.2 Å². The Labute approximate surface area is 115 Å². The first-order valence-electron chi connectivity index (χ1n) is 7.30. The van der Waals surface area contributed by atoms with E-state index in [0.29, 0.717) is 12.1 Å². The standard InChI is InChI=1S/C16H24N2O/c1-3-17-14-8-10-15(11-9-14)18-16(19)13-6-4-12(2)5-7-13/h4-7,14-15,17H,3,8-11H2,1-2H3,(H,18,19). The zero-order chi connectivity index (χ0) is 13.7. The quantitative estimate of drug-likeness (QED) is 0.874. The molecule has 104 valence electrons. The Bertz CT molecular complexity index is 405. The maximum atomic E-state index is 12.1. The molecule has 2 N–H and O–H groups in total. The van der Waals surface area contributed by atoms with E-state index >= 15 is 0 Å². The summed E-state index contributed by atoms with van der Waals surface area (Å²) in [5.74, 6) is 0.0619. The summed E-state index contributed by atoms with van der Waals surface area (Å²) in [5, 5.41) is 6.63. The normalized spacial score (nSPS) is 23.1. The number of rotatable bonds is 4. The lowest BCUT2D eigenvalue weighted by molar-refractivity contribution is 0.0924. The maximum Gasteiger partial charge on any atom is 0.251 e. The lowest BCUT2D eigenvalue weighted by Crippen LogP contribution is -2.42. The van der Waals surface area contributed by atoms with E-state index in [1.54, 1.807) is 0 Å². The highest BCUT2D eigenvalue weighted by Crippen LogP contribution is 2.19. The second-order valence-corrected chi connectivity index (χ2v) is 5.45. The maximum absolute atomic E-state index is 12.1. The summed E-state index contributed by atoms with van der Waals surface area (Å²) in [6.45, 7) is 5.21. The molecule has 0 atom stereocenters. The predicted molar refractivity (Wildman–Crippen MR) is 78.4 cm³/mol. The Balaban J connectivity index is 1.82. The number of amides is 1. The Morgan fingerprint density at radius 1 is 1.11 bits per heavy atom. The van der Waals surface area contributed by atoms with Crippen LogP contribution in [0.15, 0.2) is 24.3 Å². The molecule has 1 aliphatic carbocycles. The van der Waals surface area contributed by atoms with Crippen LogP contribution in [0.25, 0.3) is 0 Å². The fourth-order valence-corrected chi connectivity index (χ4v) is 2.70. The van der Waals surface area contributed by atoms with Crippen LogP contribution in [0.5, 0.6) is 0 Å². The van der Waals surface area contributed by atoms with Crippen LogP contribution in [0.1, 0.15) is 48.5 Å². The van der Waals surface area contributed by atoms with Gasteiger partial charge in [0.05, 0.1) is 0 Å². The molecule has 1 aromatic carbocycles. The van der Waals surface area contributed by atoms with E-state index in [2.05, 4.69) is 17.6 Å². The fourth-order valence-electron chi connectivity index (χ4n) is 2.70. The molecule has 2 rings (SSSR count). The first-order valence-corrected chi connectivity index (χ1v) is 7.30. The summed E-state index contributed by atoms with van der Waals surface area (Å²) in [6, 6.07) is 8.74. The lowest BCUT2D eigenvalue weighted by atomic mass is 9.91. The van der Waals surface area contributed by atoms with Gasteiger partial charge in [-0.3, -0.25) is 4.79 Å². The number of hydrogen-bond donors (Lipinski definition) is 2. The Kier molecular flexibility index (Phi) is 4.97.